The maximum absolute atomic E-state index is 13.9. The van der Waals surface area contributed by atoms with Gasteiger partial charge in [-0.25, -0.2) is 0 Å². The number of carbonyl (C=O) groups is 1. The Labute approximate surface area is 196 Å². The van der Waals surface area contributed by atoms with Gasteiger partial charge in [0.25, 0.3) is 0 Å². The summed E-state index contributed by atoms with van der Waals surface area (Å²) in [6.07, 6.45) is 3.71. The minimum absolute atomic E-state index is 0.0488. The second-order valence-corrected chi connectivity index (χ2v) is 12.2. The van der Waals surface area contributed by atoms with E-state index in [0.29, 0.717) is 12.8 Å². The first-order valence-corrected chi connectivity index (χ1v) is 12.3. The Morgan fingerprint density at radius 3 is 2.52 bits per heavy atom. The molecule has 0 unspecified atom stereocenters. The lowest BCUT2D eigenvalue weighted by Gasteiger charge is -2.43. The molecule has 6 nitrogen and oxygen atoms in total. The Kier molecular flexibility index (Phi) is 4.87. The summed E-state index contributed by atoms with van der Waals surface area (Å²) in [6.45, 7) is 12.1. The molecule has 3 aliphatic heterocycles. The number of hydrogen-bond donors (Lipinski definition) is 2. The number of ether oxygens (including phenoxy) is 3. The average molecular weight is 459 g/mol. The van der Waals surface area contributed by atoms with E-state index in [0.717, 1.165) is 42.6 Å². The van der Waals surface area contributed by atoms with Gasteiger partial charge in [0.1, 0.15) is 23.2 Å². The van der Waals surface area contributed by atoms with E-state index in [2.05, 4.69) is 13.8 Å². The lowest BCUT2D eigenvalue weighted by molar-refractivity contribution is -0.273. The van der Waals surface area contributed by atoms with Crippen LogP contribution in [0.4, 0.5) is 0 Å². The van der Waals surface area contributed by atoms with Gasteiger partial charge in [0.2, 0.25) is 0 Å². The molecule has 1 saturated carbocycles. The monoisotopic (exact) mass is 458 g/mol. The molecule has 3 fully saturated rings. The van der Waals surface area contributed by atoms with Gasteiger partial charge in [-0.3, -0.25) is 4.79 Å². The number of aryl methyl sites for hydroxylation is 2. The standard InChI is InChI=1S/C27H38O6/c1-16-12-18(28)13-17-8-11-24(4,31-21(16)17)14-19(29)22-25(5)9-7-10-26(25,6)27(32-22)15-20(30)23(2,3)33-27/h12-13,20,22,28,30H,7-11,14-15H2,1-6H3/t20-,22-,24-,25+,26+,27-/m0/s1. The molecule has 1 aromatic carbocycles. The van der Waals surface area contributed by atoms with Crippen molar-refractivity contribution in [3.63, 3.8) is 0 Å². The SMILES string of the molecule is Cc1cc(O)cc2c1O[C@](C)(CC(=O)[C@@H]1O[C@]3(C[C@H](O)C(C)(C)O3)[C@]3(C)CCC[C@]13C)CC2. The molecular weight excluding hydrogens is 420 g/mol. The fraction of sp³-hybridized carbons (Fsp3) is 0.741. The van der Waals surface area contributed by atoms with Gasteiger partial charge < -0.3 is 24.4 Å². The molecule has 182 valence electrons. The van der Waals surface area contributed by atoms with Crippen molar-refractivity contribution in [3.8, 4) is 11.5 Å². The van der Waals surface area contributed by atoms with E-state index in [9.17, 15) is 15.0 Å². The van der Waals surface area contributed by atoms with Crippen molar-refractivity contribution in [2.45, 2.75) is 116 Å². The molecule has 2 saturated heterocycles. The first kappa shape index (κ1) is 23.1. The van der Waals surface area contributed by atoms with Crippen molar-refractivity contribution in [3.05, 3.63) is 23.3 Å². The third kappa shape index (κ3) is 3.13. The van der Waals surface area contributed by atoms with E-state index < -0.39 is 29.2 Å². The molecule has 33 heavy (non-hydrogen) atoms. The van der Waals surface area contributed by atoms with Gasteiger partial charge in [0.05, 0.1) is 11.7 Å². The summed E-state index contributed by atoms with van der Waals surface area (Å²) in [6, 6.07) is 3.45. The maximum atomic E-state index is 13.9. The Bertz CT molecular complexity index is 1000. The van der Waals surface area contributed by atoms with Crippen LogP contribution in [0.1, 0.15) is 84.3 Å². The summed E-state index contributed by atoms with van der Waals surface area (Å²) in [5, 5.41) is 20.7. The summed E-state index contributed by atoms with van der Waals surface area (Å²) in [5.74, 6) is 0.123. The molecule has 2 N–H and O–H groups in total. The highest BCUT2D eigenvalue weighted by molar-refractivity contribution is 5.86. The zero-order chi connectivity index (χ0) is 24.0. The summed E-state index contributed by atoms with van der Waals surface area (Å²) in [7, 11) is 0. The first-order valence-electron chi connectivity index (χ1n) is 12.3. The molecule has 4 aliphatic rings. The van der Waals surface area contributed by atoms with Crippen LogP contribution in [-0.4, -0.2) is 45.2 Å². The van der Waals surface area contributed by atoms with Crippen molar-refractivity contribution in [2.75, 3.05) is 0 Å². The highest BCUT2D eigenvalue weighted by atomic mass is 16.7. The van der Waals surface area contributed by atoms with E-state index in [4.69, 9.17) is 14.2 Å². The highest BCUT2D eigenvalue weighted by Crippen LogP contribution is 2.70. The molecule has 0 radical (unpaired) electrons. The van der Waals surface area contributed by atoms with Crippen molar-refractivity contribution in [1.82, 2.24) is 0 Å². The van der Waals surface area contributed by atoms with Crippen LogP contribution in [-0.2, 0) is 20.7 Å². The number of hydrogen-bond acceptors (Lipinski definition) is 6. The van der Waals surface area contributed by atoms with Crippen molar-refractivity contribution >= 4 is 5.78 Å². The number of benzene rings is 1. The molecule has 5 rings (SSSR count). The van der Waals surface area contributed by atoms with Crippen LogP contribution in [0, 0.1) is 17.8 Å². The van der Waals surface area contributed by atoms with Gasteiger partial charge in [-0.15, -0.1) is 0 Å². The Morgan fingerprint density at radius 1 is 1.12 bits per heavy atom. The number of fused-ring (bicyclic) bond motifs is 3. The number of phenolic OH excluding ortho intramolecular Hbond substituents is 1. The lowest BCUT2D eigenvalue weighted by Crippen LogP contribution is -2.48. The highest BCUT2D eigenvalue weighted by Gasteiger charge is 2.76. The summed E-state index contributed by atoms with van der Waals surface area (Å²) in [4.78, 5) is 13.9. The number of aliphatic hydroxyl groups is 1. The second kappa shape index (κ2) is 6.96. The zero-order valence-electron chi connectivity index (χ0n) is 20.8. The average Bonchev–Trinajstić information content (AvgIpc) is 3.20. The molecular formula is C27H38O6. The molecule has 1 spiro atoms. The fourth-order valence-electron chi connectivity index (χ4n) is 7.17. The largest absolute Gasteiger partial charge is 0.508 e. The van der Waals surface area contributed by atoms with Gasteiger partial charge in [-0.1, -0.05) is 20.3 Å². The van der Waals surface area contributed by atoms with E-state index in [1.807, 2.05) is 27.7 Å². The third-order valence-electron chi connectivity index (χ3n) is 9.50. The molecule has 6 atom stereocenters. The van der Waals surface area contributed by atoms with E-state index >= 15 is 0 Å². The minimum atomic E-state index is -0.948. The van der Waals surface area contributed by atoms with Crippen LogP contribution in [0.5, 0.6) is 11.5 Å². The summed E-state index contributed by atoms with van der Waals surface area (Å²) in [5.41, 5.74) is -0.176. The van der Waals surface area contributed by atoms with Gasteiger partial charge >= 0.3 is 0 Å². The molecule has 1 aliphatic carbocycles. The van der Waals surface area contributed by atoms with Crippen LogP contribution in [0.15, 0.2) is 12.1 Å². The number of phenols is 1. The van der Waals surface area contributed by atoms with Gasteiger partial charge in [-0.2, -0.15) is 0 Å². The van der Waals surface area contributed by atoms with Gasteiger partial charge in [0, 0.05) is 23.7 Å². The normalized spacial score (nSPS) is 43.4. The van der Waals surface area contributed by atoms with Crippen LogP contribution < -0.4 is 4.74 Å². The number of carbonyl (C=O) groups excluding carboxylic acids is 1. The van der Waals surface area contributed by atoms with Crippen LogP contribution >= 0.6 is 0 Å². The molecule has 3 heterocycles. The van der Waals surface area contributed by atoms with E-state index in [-0.39, 0.29) is 28.8 Å². The lowest BCUT2D eigenvalue weighted by atomic mass is 9.61. The van der Waals surface area contributed by atoms with Crippen molar-refractivity contribution < 1.29 is 29.2 Å². The van der Waals surface area contributed by atoms with Gasteiger partial charge in [-0.05, 0) is 76.6 Å². The maximum Gasteiger partial charge on any atom is 0.178 e. The topological polar surface area (TPSA) is 85.2 Å². The Morgan fingerprint density at radius 2 is 1.85 bits per heavy atom. The van der Waals surface area contributed by atoms with Crippen molar-refractivity contribution in [1.29, 1.82) is 0 Å². The summed E-state index contributed by atoms with van der Waals surface area (Å²) >= 11 is 0. The number of ketones is 1. The van der Waals surface area contributed by atoms with Crippen molar-refractivity contribution in [2.24, 2.45) is 10.8 Å². The number of rotatable bonds is 3. The molecule has 0 bridgehead atoms. The Balaban J connectivity index is 1.42. The zero-order valence-corrected chi connectivity index (χ0v) is 20.8. The Hall–Kier alpha value is -1.63. The fourth-order valence-corrected chi connectivity index (χ4v) is 7.17. The summed E-state index contributed by atoms with van der Waals surface area (Å²) < 4.78 is 19.5. The van der Waals surface area contributed by atoms with Crippen LogP contribution in [0.3, 0.4) is 0 Å². The first-order chi connectivity index (χ1) is 15.2. The molecule has 0 aromatic heterocycles. The molecule has 6 heteroatoms. The second-order valence-electron chi connectivity index (χ2n) is 12.2. The molecule has 1 aromatic rings. The number of aromatic hydroxyl groups is 1. The smallest absolute Gasteiger partial charge is 0.178 e. The third-order valence-corrected chi connectivity index (χ3v) is 9.50. The van der Waals surface area contributed by atoms with Gasteiger partial charge in [0.15, 0.2) is 11.6 Å². The van der Waals surface area contributed by atoms with Crippen LogP contribution in [0.2, 0.25) is 0 Å². The molecule has 0 amide bonds. The number of Topliss-reactive ketones (excluding diaryl/α,β-unsaturated/α-hetero) is 1. The minimum Gasteiger partial charge on any atom is -0.508 e. The van der Waals surface area contributed by atoms with E-state index in [1.54, 1.807) is 12.1 Å². The predicted octanol–water partition coefficient (Wildman–Crippen LogP) is 4.59. The number of aliphatic hydroxyl groups excluding tert-OH is 1. The van der Waals surface area contributed by atoms with Crippen LogP contribution in [0.25, 0.3) is 0 Å². The quantitative estimate of drug-likeness (QED) is 0.689. The predicted molar refractivity (Wildman–Crippen MR) is 123 cm³/mol. The van der Waals surface area contributed by atoms with E-state index in [1.165, 1.54) is 0 Å².